The van der Waals surface area contributed by atoms with Gasteiger partial charge in [0, 0.05) is 0 Å². The molecule has 2 heterocycles. The average molecular weight is 341 g/mol. The molecular formula is C17H19N5OS. The smallest absolute Gasteiger partial charge is 0.263 e. The fourth-order valence-electron chi connectivity index (χ4n) is 2.42. The van der Waals surface area contributed by atoms with Gasteiger partial charge in [-0.15, -0.1) is 11.3 Å². The van der Waals surface area contributed by atoms with E-state index in [2.05, 4.69) is 20.4 Å². The van der Waals surface area contributed by atoms with Gasteiger partial charge in [0.2, 0.25) is 0 Å². The molecule has 3 aromatic rings. The Hall–Kier alpha value is -2.54. The topological polar surface area (TPSA) is 72.7 Å². The Kier molecular flexibility index (Phi) is 4.71. The highest BCUT2D eigenvalue weighted by Gasteiger charge is 2.17. The van der Waals surface area contributed by atoms with Crippen LogP contribution in [0, 0.1) is 6.92 Å². The first kappa shape index (κ1) is 16.3. The molecule has 7 heteroatoms. The lowest BCUT2D eigenvalue weighted by atomic mass is 10.1. The number of nitrogens with zero attached hydrogens (tertiary/aromatic N) is 4. The first-order valence-electron chi connectivity index (χ1n) is 7.80. The third-order valence-electron chi connectivity index (χ3n) is 3.77. The molecule has 1 aromatic carbocycles. The largest absolute Gasteiger partial charge is 0.345 e. The van der Waals surface area contributed by atoms with Gasteiger partial charge in [0.15, 0.2) is 0 Å². The molecule has 2 aromatic heterocycles. The van der Waals surface area contributed by atoms with Crippen LogP contribution < -0.4 is 5.32 Å². The fraction of sp³-hybridized carbons (Fsp3) is 0.294. The molecule has 0 saturated heterocycles. The van der Waals surface area contributed by atoms with Crippen LogP contribution in [0.2, 0.25) is 0 Å². The van der Waals surface area contributed by atoms with Gasteiger partial charge in [0.05, 0.1) is 22.4 Å². The van der Waals surface area contributed by atoms with Crippen molar-refractivity contribution in [3.05, 3.63) is 58.1 Å². The van der Waals surface area contributed by atoms with Crippen LogP contribution >= 0.6 is 11.3 Å². The Morgan fingerprint density at radius 1 is 1.33 bits per heavy atom. The predicted molar refractivity (Wildman–Crippen MR) is 93.5 cm³/mol. The molecule has 1 atom stereocenters. The molecule has 3 rings (SSSR count). The number of aromatic nitrogens is 4. The van der Waals surface area contributed by atoms with E-state index < -0.39 is 0 Å². The Morgan fingerprint density at radius 2 is 2.08 bits per heavy atom. The van der Waals surface area contributed by atoms with Gasteiger partial charge in [0.25, 0.3) is 5.91 Å². The number of nitrogens with one attached hydrogen (secondary N) is 1. The molecule has 6 nitrogen and oxygen atoms in total. The summed E-state index contributed by atoms with van der Waals surface area (Å²) in [6.45, 7) is 5.89. The van der Waals surface area contributed by atoms with Crippen molar-refractivity contribution in [1.82, 2.24) is 25.1 Å². The van der Waals surface area contributed by atoms with E-state index in [9.17, 15) is 4.79 Å². The van der Waals surface area contributed by atoms with Crippen LogP contribution in [0.25, 0.3) is 5.69 Å². The number of thiazole rings is 1. The zero-order chi connectivity index (χ0) is 17.1. The summed E-state index contributed by atoms with van der Waals surface area (Å²) in [5.41, 5.74) is 2.76. The highest BCUT2D eigenvalue weighted by Crippen LogP contribution is 2.21. The maximum Gasteiger partial charge on any atom is 0.263 e. The third-order valence-corrected chi connectivity index (χ3v) is 5.07. The van der Waals surface area contributed by atoms with Gasteiger partial charge in [-0.05, 0) is 38.0 Å². The number of carbonyl (C=O) groups is 1. The van der Waals surface area contributed by atoms with Crippen LogP contribution in [0.5, 0.6) is 0 Å². The minimum Gasteiger partial charge on any atom is -0.345 e. The number of hydrogen-bond donors (Lipinski definition) is 1. The monoisotopic (exact) mass is 341 g/mol. The van der Waals surface area contributed by atoms with E-state index in [0.29, 0.717) is 4.88 Å². The predicted octanol–water partition coefficient (Wildman–Crippen LogP) is 3.09. The summed E-state index contributed by atoms with van der Waals surface area (Å²) in [7, 11) is 0. The minimum absolute atomic E-state index is 0.0717. The van der Waals surface area contributed by atoms with E-state index in [1.165, 1.54) is 17.7 Å². The van der Waals surface area contributed by atoms with E-state index in [1.807, 2.05) is 45.0 Å². The lowest BCUT2D eigenvalue weighted by Gasteiger charge is -2.14. The van der Waals surface area contributed by atoms with Gasteiger partial charge < -0.3 is 5.32 Å². The van der Waals surface area contributed by atoms with Crippen LogP contribution in [0.3, 0.4) is 0 Å². The lowest BCUT2D eigenvalue weighted by molar-refractivity contribution is 0.0943. The fourth-order valence-corrected chi connectivity index (χ4v) is 3.32. The molecular weight excluding hydrogens is 322 g/mol. The molecule has 0 aliphatic rings. The van der Waals surface area contributed by atoms with E-state index in [0.717, 1.165) is 28.4 Å². The molecule has 0 radical (unpaired) electrons. The maximum absolute atomic E-state index is 12.5. The van der Waals surface area contributed by atoms with Crippen molar-refractivity contribution in [3.63, 3.8) is 0 Å². The van der Waals surface area contributed by atoms with E-state index in [1.54, 1.807) is 11.0 Å². The quantitative estimate of drug-likeness (QED) is 0.774. The van der Waals surface area contributed by atoms with Crippen LogP contribution in [0.1, 0.15) is 45.8 Å². The Morgan fingerprint density at radius 3 is 2.67 bits per heavy atom. The normalized spacial score (nSPS) is 12.1. The van der Waals surface area contributed by atoms with Crippen LogP contribution in [-0.4, -0.2) is 25.7 Å². The molecule has 1 amide bonds. The molecule has 1 unspecified atom stereocenters. The molecule has 0 spiro atoms. The summed E-state index contributed by atoms with van der Waals surface area (Å²) >= 11 is 1.46. The molecule has 124 valence electrons. The van der Waals surface area contributed by atoms with Gasteiger partial charge in [-0.3, -0.25) is 4.79 Å². The second-order valence-electron chi connectivity index (χ2n) is 5.50. The van der Waals surface area contributed by atoms with Crippen LogP contribution in [0.4, 0.5) is 0 Å². The van der Waals surface area contributed by atoms with Crippen molar-refractivity contribution < 1.29 is 4.79 Å². The molecule has 1 N–H and O–H groups in total. The highest BCUT2D eigenvalue weighted by molar-refractivity contribution is 7.13. The minimum atomic E-state index is -0.0890. The summed E-state index contributed by atoms with van der Waals surface area (Å²) in [5, 5.41) is 8.13. The Labute approximate surface area is 144 Å². The van der Waals surface area contributed by atoms with Gasteiger partial charge in [-0.25, -0.2) is 14.6 Å². The van der Waals surface area contributed by atoms with Gasteiger partial charge in [0.1, 0.15) is 17.5 Å². The number of rotatable bonds is 5. The molecule has 24 heavy (non-hydrogen) atoms. The molecule has 0 bridgehead atoms. The summed E-state index contributed by atoms with van der Waals surface area (Å²) in [6, 6.07) is 7.80. The molecule has 0 fully saturated rings. The number of benzene rings is 1. The van der Waals surface area contributed by atoms with Crippen molar-refractivity contribution in [2.45, 2.75) is 33.2 Å². The number of aryl methyl sites for hydroxylation is 2. The van der Waals surface area contributed by atoms with E-state index in [-0.39, 0.29) is 11.9 Å². The average Bonchev–Trinajstić information content (AvgIpc) is 3.24. The van der Waals surface area contributed by atoms with E-state index in [4.69, 9.17) is 0 Å². The van der Waals surface area contributed by atoms with Crippen LogP contribution in [-0.2, 0) is 6.42 Å². The SMILES string of the molecule is CCc1nc(C)c(C(=O)NC(C)c2ccc(-n3cncn3)cc2)s1. The first-order chi connectivity index (χ1) is 11.6. The van der Waals surface area contributed by atoms with E-state index >= 15 is 0 Å². The summed E-state index contributed by atoms with van der Waals surface area (Å²) in [6.07, 6.45) is 3.99. The Bertz CT molecular complexity index is 823. The van der Waals surface area contributed by atoms with Gasteiger partial charge in [-0.1, -0.05) is 19.1 Å². The number of carbonyl (C=O) groups excluding carboxylic acids is 1. The van der Waals surface area contributed by atoms with Crippen molar-refractivity contribution in [2.75, 3.05) is 0 Å². The molecule has 0 saturated carbocycles. The second-order valence-corrected chi connectivity index (χ2v) is 6.59. The van der Waals surface area contributed by atoms with Crippen molar-refractivity contribution in [3.8, 4) is 5.69 Å². The summed E-state index contributed by atoms with van der Waals surface area (Å²) in [5.74, 6) is -0.0717. The summed E-state index contributed by atoms with van der Waals surface area (Å²) in [4.78, 5) is 21.5. The highest BCUT2D eigenvalue weighted by atomic mass is 32.1. The van der Waals surface area contributed by atoms with Crippen LogP contribution in [0.15, 0.2) is 36.9 Å². The van der Waals surface area contributed by atoms with Gasteiger partial charge in [-0.2, -0.15) is 5.10 Å². The zero-order valence-electron chi connectivity index (χ0n) is 13.9. The Balaban J connectivity index is 1.71. The van der Waals surface area contributed by atoms with Crippen molar-refractivity contribution in [1.29, 1.82) is 0 Å². The second kappa shape index (κ2) is 6.92. The number of hydrogen-bond acceptors (Lipinski definition) is 5. The van der Waals surface area contributed by atoms with Crippen molar-refractivity contribution >= 4 is 17.2 Å². The van der Waals surface area contributed by atoms with Gasteiger partial charge >= 0.3 is 0 Å². The van der Waals surface area contributed by atoms with Crippen molar-refractivity contribution in [2.24, 2.45) is 0 Å². The lowest BCUT2D eigenvalue weighted by Crippen LogP contribution is -2.26. The maximum atomic E-state index is 12.5. The molecule has 0 aliphatic heterocycles. The first-order valence-corrected chi connectivity index (χ1v) is 8.62. The standard InChI is InChI=1S/C17H19N5OS/c1-4-15-20-12(3)16(24-15)17(23)21-11(2)13-5-7-14(8-6-13)22-10-18-9-19-22/h5-11H,4H2,1-3H3,(H,21,23). The zero-order valence-corrected chi connectivity index (χ0v) is 14.7. The molecule has 0 aliphatic carbocycles. The summed E-state index contributed by atoms with van der Waals surface area (Å²) < 4.78 is 1.69. The number of amides is 1. The third kappa shape index (κ3) is 3.35.